The smallest absolute Gasteiger partial charge is 0.266 e. The first-order chi connectivity index (χ1) is 13.6. The van der Waals surface area contributed by atoms with Gasteiger partial charge in [0, 0.05) is 48.8 Å². The van der Waals surface area contributed by atoms with Gasteiger partial charge in [-0.05, 0) is 37.5 Å². The van der Waals surface area contributed by atoms with E-state index >= 15 is 0 Å². The molecule has 7 nitrogen and oxygen atoms in total. The topological polar surface area (TPSA) is 83.0 Å². The first-order valence-corrected chi connectivity index (χ1v) is 9.81. The van der Waals surface area contributed by atoms with Crippen molar-refractivity contribution in [2.45, 2.75) is 38.8 Å². The number of piperidine rings is 1. The van der Waals surface area contributed by atoms with E-state index in [-0.39, 0.29) is 17.5 Å². The maximum atomic E-state index is 12.6. The second kappa shape index (κ2) is 7.88. The quantitative estimate of drug-likeness (QED) is 0.711. The molecule has 1 fully saturated rings. The fourth-order valence-electron chi connectivity index (χ4n) is 3.87. The highest BCUT2D eigenvalue weighted by Crippen LogP contribution is 2.19. The molecule has 3 heterocycles. The molecule has 146 valence electrons. The van der Waals surface area contributed by atoms with E-state index in [1.165, 1.54) is 4.68 Å². The van der Waals surface area contributed by atoms with Gasteiger partial charge in [-0.15, -0.1) is 0 Å². The minimum atomic E-state index is -0.0909. The number of hydrogen-bond acceptors (Lipinski definition) is 4. The normalized spacial score (nSPS) is 17.0. The van der Waals surface area contributed by atoms with Gasteiger partial charge in [-0.3, -0.25) is 9.59 Å². The van der Waals surface area contributed by atoms with E-state index in [0.717, 1.165) is 41.7 Å². The van der Waals surface area contributed by atoms with Gasteiger partial charge < -0.3 is 15.2 Å². The fraction of sp³-hybridized carbons (Fsp3) is 0.381. The van der Waals surface area contributed by atoms with Crippen LogP contribution in [0.3, 0.4) is 0 Å². The van der Waals surface area contributed by atoms with Crippen LogP contribution in [0.2, 0.25) is 0 Å². The summed E-state index contributed by atoms with van der Waals surface area (Å²) in [5.41, 5.74) is 1.97. The zero-order valence-corrected chi connectivity index (χ0v) is 16.0. The van der Waals surface area contributed by atoms with E-state index in [9.17, 15) is 9.59 Å². The monoisotopic (exact) mass is 379 g/mol. The molecule has 1 saturated heterocycles. The van der Waals surface area contributed by atoms with E-state index in [0.29, 0.717) is 19.5 Å². The molecule has 1 unspecified atom stereocenters. The van der Waals surface area contributed by atoms with E-state index in [4.69, 9.17) is 0 Å². The van der Waals surface area contributed by atoms with Crippen LogP contribution in [0.25, 0.3) is 10.9 Å². The molecule has 28 heavy (non-hydrogen) atoms. The fourth-order valence-corrected chi connectivity index (χ4v) is 3.87. The van der Waals surface area contributed by atoms with Crippen LogP contribution in [-0.2, 0) is 17.8 Å². The minimum Gasteiger partial charge on any atom is -0.361 e. The minimum absolute atomic E-state index is 0.0306. The molecule has 7 heteroatoms. The Morgan fingerprint density at radius 3 is 3.00 bits per heavy atom. The molecule has 1 aliphatic heterocycles. The Balaban J connectivity index is 1.41. The number of fused-ring (bicyclic) bond motifs is 1. The van der Waals surface area contributed by atoms with Crippen LogP contribution in [0.1, 0.15) is 25.3 Å². The van der Waals surface area contributed by atoms with Crippen molar-refractivity contribution in [2.24, 2.45) is 0 Å². The van der Waals surface area contributed by atoms with Gasteiger partial charge in [0.15, 0.2) is 0 Å². The highest BCUT2D eigenvalue weighted by atomic mass is 16.1. The van der Waals surface area contributed by atoms with Crippen molar-refractivity contribution < 1.29 is 4.79 Å². The molecule has 0 saturated carbocycles. The summed E-state index contributed by atoms with van der Waals surface area (Å²) in [7, 11) is 0. The van der Waals surface area contributed by atoms with Gasteiger partial charge in [-0.25, -0.2) is 4.68 Å². The molecular formula is C21H25N5O2. The summed E-state index contributed by atoms with van der Waals surface area (Å²) in [6.07, 6.45) is 4.20. The SMILES string of the molecule is CCn1nc(N2CCCC(NC(=O)Cc3c[nH]c4ccccc34)C2)ccc1=O. The van der Waals surface area contributed by atoms with Crippen LogP contribution >= 0.6 is 0 Å². The zero-order chi connectivity index (χ0) is 19.5. The summed E-state index contributed by atoms with van der Waals surface area (Å²) in [5, 5.41) is 8.70. The standard InChI is InChI=1S/C21H25N5O2/c1-2-26-21(28)10-9-19(24-26)25-11-5-6-16(14-25)23-20(27)12-15-13-22-18-8-4-3-7-17(15)18/h3-4,7-10,13,16,22H,2,5-6,11-12,14H2,1H3,(H,23,27). The molecular weight excluding hydrogens is 354 g/mol. The maximum Gasteiger partial charge on any atom is 0.266 e. The second-order valence-corrected chi connectivity index (χ2v) is 7.23. The molecule has 2 N–H and O–H groups in total. The van der Waals surface area contributed by atoms with Gasteiger partial charge in [0.25, 0.3) is 5.56 Å². The molecule has 1 aliphatic rings. The molecule has 0 bridgehead atoms. The number of anilines is 1. The Bertz CT molecular complexity index is 1040. The van der Waals surface area contributed by atoms with Crippen LogP contribution in [0, 0.1) is 0 Å². The highest BCUT2D eigenvalue weighted by molar-refractivity contribution is 5.88. The molecule has 0 radical (unpaired) electrons. The maximum absolute atomic E-state index is 12.6. The number of rotatable bonds is 5. The molecule has 1 aromatic carbocycles. The third-order valence-corrected chi connectivity index (χ3v) is 5.29. The largest absolute Gasteiger partial charge is 0.361 e. The Kier molecular flexibility index (Phi) is 5.14. The zero-order valence-electron chi connectivity index (χ0n) is 16.0. The number of hydrogen-bond donors (Lipinski definition) is 2. The Morgan fingerprint density at radius 1 is 1.29 bits per heavy atom. The average Bonchev–Trinajstić information content (AvgIpc) is 3.11. The number of para-hydroxylation sites is 1. The third-order valence-electron chi connectivity index (χ3n) is 5.29. The van der Waals surface area contributed by atoms with Crippen molar-refractivity contribution >= 4 is 22.6 Å². The first-order valence-electron chi connectivity index (χ1n) is 9.81. The van der Waals surface area contributed by atoms with E-state index in [1.807, 2.05) is 37.4 Å². The number of aromatic nitrogens is 3. The van der Waals surface area contributed by atoms with Crippen molar-refractivity contribution in [3.63, 3.8) is 0 Å². The summed E-state index contributed by atoms with van der Waals surface area (Å²) < 4.78 is 1.47. The van der Waals surface area contributed by atoms with Gasteiger partial charge in [0.1, 0.15) is 5.82 Å². The Hall–Kier alpha value is -3.09. The number of nitrogens with one attached hydrogen (secondary N) is 2. The van der Waals surface area contributed by atoms with Gasteiger partial charge in [-0.2, -0.15) is 5.10 Å². The molecule has 1 atom stereocenters. The lowest BCUT2D eigenvalue weighted by molar-refractivity contribution is -0.121. The molecule has 4 rings (SSSR count). The first kappa shape index (κ1) is 18.3. The number of H-pyrrole nitrogens is 1. The summed E-state index contributed by atoms with van der Waals surface area (Å²) in [5.74, 6) is 0.820. The number of aromatic amines is 1. The second-order valence-electron chi connectivity index (χ2n) is 7.23. The van der Waals surface area contributed by atoms with Crippen LogP contribution < -0.4 is 15.8 Å². The molecule has 0 aliphatic carbocycles. The lowest BCUT2D eigenvalue weighted by atomic mass is 10.0. The Labute approximate surface area is 163 Å². The number of nitrogens with zero attached hydrogens (tertiary/aromatic N) is 3. The van der Waals surface area contributed by atoms with E-state index in [2.05, 4.69) is 20.3 Å². The van der Waals surface area contributed by atoms with Crippen molar-refractivity contribution in [3.05, 3.63) is 58.5 Å². The third kappa shape index (κ3) is 3.78. The number of carbonyl (C=O) groups excluding carboxylic acids is 1. The van der Waals surface area contributed by atoms with Crippen molar-refractivity contribution in [2.75, 3.05) is 18.0 Å². The van der Waals surface area contributed by atoms with Crippen LogP contribution in [0.5, 0.6) is 0 Å². The van der Waals surface area contributed by atoms with Crippen molar-refractivity contribution in [1.29, 1.82) is 0 Å². The highest BCUT2D eigenvalue weighted by Gasteiger charge is 2.23. The lowest BCUT2D eigenvalue weighted by Gasteiger charge is -2.34. The molecule has 1 amide bonds. The molecule has 2 aromatic heterocycles. The lowest BCUT2D eigenvalue weighted by Crippen LogP contribution is -2.48. The van der Waals surface area contributed by atoms with Gasteiger partial charge in [0.2, 0.25) is 5.91 Å². The van der Waals surface area contributed by atoms with Gasteiger partial charge >= 0.3 is 0 Å². The average molecular weight is 379 g/mol. The number of carbonyl (C=O) groups is 1. The van der Waals surface area contributed by atoms with Crippen molar-refractivity contribution in [1.82, 2.24) is 20.1 Å². The summed E-state index contributed by atoms with van der Waals surface area (Å²) in [6, 6.07) is 11.4. The van der Waals surface area contributed by atoms with Gasteiger partial charge in [0.05, 0.1) is 6.42 Å². The van der Waals surface area contributed by atoms with Gasteiger partial charge in [-0.1, -0.05) is 18.2 Å². The predicted molar refractivity (Wildman–Crippen MR) is 110 cm³/mol. The number of aryl methyl sites for hydroxylation is 1. The molecule has 0 spiro atoms. The molecule has 3 aromatic rings. The van der Waals surface area contributed by atoms with Crippen LogP contribution in [0.15, 0.2) is 47.4 Å². The number of amides is 1. The van der Waals surface area contributed by atoms with Crippen LogP contribution in [0.4, 0.5) is 5.82 Å². The summed E-state index contributed by atoms with van der Waals surface area (Å²) in [4.78, 5) is 29.7. The predicted octanol–water partition coefficient (Wildman–Crippen LogP) is 2.07. The summed E-state index contributed by atoms with van der Waals surface area (Å²) in [6.45, 7) is 4.03. The van der Waals surface area contributed by atoms with Crippen molar-refractivity contribution in [3.8, 4) is 0 Å². The van der Waals surface area contributed by atoms with E-state index < -0.39 is 0 Å². The Morgan fingerprint density at radius 2 is 2.14 bits per heavy atom. The van der Waals surface area contributed by atoms with E-state index in [1.54, 1.807) is 12.1 Å². The van der Waals surface area contributed by atoms with Crippen LogP contribution in [-0.4, -0.2) is 39.8 Å². The number of benzene rings is 1. The summed E-state index contributed by atoms with van der Waals surface area (Å²) >= 11 is 0.